The summed E-state index contributed by atoms with van der Waals surface area (Å²) >= 11 is 0. The summed E-state index contributed by atoms with van der Waals surface area (Å²) in [6, 6.07) is 0.595. The number of nitrogens with two attached hydrogens (primary N) is 1. The smallest absolute Gasteiger partial charge is 0.382 e. The van der Waals surface area contributed by atoms with E-state index in [1.54, 1.807) is 0 Å². The molecule has 2 heterocycles. The average molecular weight is 235 g/mol. The predicted molar refractivity (Wildman–Crippen MR) is 50.7 cm³/mol. The summed E-state index contributed by atoms with van der Waals surface area (Å²) in [6.45, 7) is 0.920. The van der Waals surface area contributed by atoms with Crippen LogP contribution in [-0.4, -0.2) is 23.0 Å². The SMILES string of the molecule is Nc1cc(C(F)(F)F)n(C2CCOCC2)n1. The van der Waals surface area contributed by atoms with Gasteiger partial charge in [-0.15, -0.1) is 0 Å². The molecule has 0 saturated carbocycles. The molecule has 1 aromatic heterocycles. The van der Waals surface area contributed by atoms with E-state index in [1.165, 1.54) is 0 Å². The molecule has 1 aliphatic heterocycles. The van der Waals surface area contributed by atoms with E-state index in [4.69, 9.17) is 10.5 Å². The molecule has 0 aromatic carbocycles. The maximum Gasteiger partial charge on any atom is 0.433 e. The molecule has 2 rings (SSSR count). The van der Waals surface area contributed by atoms with E-state index in [9.17, 15) is 13.2 Å². The molecule has 1 aliphatic rings. The van der Waals surface area contributed by atoms with Gasteiger partial charge >= 0.3 is 6.18 Å². The first-order chi connectivity index (χ1) is 7.48. The Bertz CT molecular complexity index is 369. The minimum absolute atomic E-state index is 0.0983. The highest BCUT2D eigenvalue weighted by Gasteiger charge is 2.37. The van der Waals surface area contributed by atoms with Crippen molar-refractivity contribution in [1.82, 2.24) is 9.78 Å². The molecular formula is C9H12F3N3O. The van der Waals surface area contributed by atoms with Gasteiger partial charge in [-0.25, -0.2) is 0 Å². The summed E-state index contributed by atoms with van der Waals surface area (Å²) in [5, 5.41) is 3.72. The zero-order valence-electron chi connectivity index (χ0n) is 8.50. The normalized spacial score (nSPS) is 18.9. The van der Waals surface area contributed by atoms with Gasteiger partial charge in [-0.3, -0.25) is 4.68 Å². The molecule has 0 atom stereocenters. The first kappa shape index (κ1) is 11.3. The summed E-state index contributed by atoms with van der Waals surface area (Å²) < 4.78 is 44.1. The van der Waals surface area contributed by atoms with Crippen LogP contribution in [0.15, 0.2) is 6.07 Å². The van der Waals surface area contributed by atoms with Gasteiger partial charge in [0.2, 0.25) is 0 Å². The van der Waals surface area contributed by atoms with Crippen molar-refractivity contribution in [2.45, 2.75) is 25.1 Å². The van der Waals surface area contributed by atoms with Crippen molar-refractivity contribution in [3.05, 3.63) is 11.8 Å². The molecule has 2 N–H and O–H groups in total. The first-order valence-electron chi connectivity index (χ1n) is 4.98. The summed E-state index contributed by atoms with van der Waals surface area (Å²) in [5.41, 5.74) is 4.54. The van der Waals surface area contributed by atoms with Crippen LogP contribution in [0.3, 0.4) is 0 Å². The van der Waals surface area contributed by atoms with Crippen molar-refractivity contribution in [2.24, 2.45) is 0 Å². The molecular weight excluding hydrogens is 223 g/mol. The van der Waals surface area contributed by atoms with E-state index in [0.29, 0.717) is 26.1 Å². The molecule has 1 aromatic rings. The average Bonchev–Trinajstić information content (AvgIpc) is 2.61. The van der Waals surface area contributed by atoms with Gasteiger partial charge in [-0.2, -0.15) is 18.3 Å². The van der Waals surface area contributed by atoms with E-state index < -0.39 is 11.9 Å². The highest BCUT2D eigenvalue weighted by atomic mass is 19.4. The van der Waals surface area contributed by atoms with E-state index in [1.807, 2.05) is 0 Å². The molecule has 0 spiro atoms. The molecule has 4 nitrogen and oxygen atoms in total. The number of nitrogens with zero attached hydrogens (tertiary/aromatic N) is 2. The van der Waals surface area contributed by atoms with Crippen molar-refractivity contribution in [3.8, 4) is 0 Å². The molecule has 1 fully saturated rings. The van der Waals surface area contributed by atoms with Gasteiger partial charge in [-0.1, -0.05) is 0 Å². The second-order valence-electron chi connectivity index (χ2n) is 3.74. The van der Waals surface area contributed by atoms with Crippen LogP contribution in [0.25, 0.3) is 0 Å². The van der Waals surface area contributed by atoms with Crippen molar-refractivity contribution in [3.63, 3.8) is 0 Å². The fraction of sp³-hybridized carbons (Fsp3) is 0.667. The molecule has 0 radical (unpaired) electrons. The molecule has 0 aliphatic carbocycles. The van der Waals surface area contributed by atoms with Gasteiger partial charge in [0.05, 0.1) is 6.04 Å². The molecule has 1 saturated heterocycles. The van der Waals surface area contributed by atoms with E-state index >= 15 is 0 Å². The third kappa shape index (κ3) is 2.13. The molecule has 0 unspecified atom stereocenters. The highest BCUT2D eigenvalue weighted by Crippen LogP contribution is 2.34. The Labute approximate surface area is 90.2 Å². The Kier molecular flexibility index (Phi) is 2.79. The largest absolute Gasteiger partial charge is 0.433 e. The second-order valence-corrected chi connectivity index (χ2v) is 3.74. The van der Waals surface area contributed by atoms with Crippen molar-refractivity contribution in [1.29, 1.82) is 0 Å². The van der Waals surface area contributed by atoms with E-state index in [-0.39, 0.29) is 11.9 Å². The van der Waals surface area contributed by atoms with Gasteiger partial charge in [0, 0.05) is 19.3 Å². The number of hydrogen-bond acceptors (Lipinski definition) is 3. The number of anilines is 1. The third-order valence-electron chi connectivity index (χ3n) is 2.58. The van der Waals surface area contributed by atoms with E-state index in [0.717, 1.165) is 10.7 Å². The monoisotopic (exact) mass is 235 g/mol. The second kappa shape index (κ2) is 3.97. The lowest BCUT2D eigenvalue weighted by atomic mass is 10.1. The fourth-order valence-electron chi connectivity index (χ4n) is 1.83. The summed E-state index contributed by atoms with van der Waals surface area (Å²) in [6.07, 6.45) is -3.35. The third-order valence-corrected chi connectivity index (χ3v) is 2.58. The molecule has 0 amide bonds. The minimum Gasteiger partial charge on any atom is -0.382 e. The number of aromatic nitrogens is 2. The number of hydrogen-bond donors (Lipinski definition) is 1. The van der Waals surface area contributed by atoms with Crippen LogP contribution in [0.4, 0.5) is 19.0 Å². The Hall–Kier alpha value is -1.24. The lowest BCUT2D eigenvalue weighted by Gasteiger charge is -2.24. The maximum atomic E-state index is 12.7. The van der Waals surface area contributed by atoms with E-state index in [2.05, 4.69) is 5.10 Å². The summed E-state index contributed by atoms with van der Waals surface area (Å²) in [5.74, 6) is -0.0983. The quantitative estimate of drug-likeness (QED) is 0.808. The topological polar surface area (TPSA) is 53.1 Å². The first-order valence-corrected chi connectivity index (χ1v) is 4.98. The van der Waals surface area contributed by atoms with Gasteiger partial charge in [-0.05, 0) is 12.8 Å². The van der Waals surface area contributed by atoms with Crippen molar-refractivity contribution >= 4 is 5.82 Å². The van der Waals surface area contributed by atoms with Crippen LogP contribution in [0.2, 0.25) is 0 Å². The predicted octanol–water partition coefficient (Wildman–Crippen LogP) is 1.84. The highest BCUT2D eigenvalue weighted by molar-refractivity contribution is 5.31. The molecule has 7 heteroatoms. The Morgan fingerprint density at radius 3 is 2.56 bits per heavy atom. The number of rotatable bonds is 1. The standard InChI is InChI=1S/C9H12F3N3O/c10-9(11,12)7-5-8(13)14-15(7)6-1-3-16-4-2-6/h5-6H,1-4H2,(H2,13,14). The number of nitrogen functional groups attached to an aromatic ring is 1. The zero-order valence-corrected chi connectivity index (χ0v) is 8.50. The summed E-state index contributed by atoms with van der Waals surface area (Å²) in [4.78, 5) is 0. The van der Waals surface area contributed by atoms with Gasteiger partial charge in [0.1, 0.15) is 11.5 Å². The van der Waals surface area contributed by atoms with Crippen LogP contribution in [-0.2, 0) is 10.9 Å². The van der Waals surface area contributed by atoms with Crippen LogP contribution >= 0.6 is 0 Å². The maximum absolute atomic E-state index is 12.7. The zero-order chi connectivity index (χ0) is 11.8. The van der Waals surface area contributed by atoms with Crippen molar-refractivity contribution in [2.75, 3.05) is 18.9 Å². The minimum atomic E-state index is -4.41. The lowest BCUT2D eigenvalue weighted by molar-refractivity contribution is -0.145. The number of alkyl halides is 3. The van der Waals surface area contributed by atoms with Crippen molar-refractivity contribution < 1.29 is 17.9 Å². The van der Waals surface area contributed by atoms with Crippen LogP contribution < -0.4 is 5.73 Å². The Morgan fingerprint density at radius 2 is 2.00 bits per heavy atom. The summed E-state index contributed by atoms with van der Waals surface area (Å²) in [7, 11) is 0. The Morgan fingerprint density at radius 1 is 1.38 bits per heavy atom. The van der Waals surface area contributed by atoms with Gasteiger partial charge < -0.3 is 10.5 Å². The number of ether oxygens (including phenoxy) is 1. The Balaban J connectivity index is 2.31. The molecule has 90 valence electrons. The number of halogens is 3. The van der Waals surface area contributed by atoms with Crippen LogP contribution in [0.1, 0.15) is 24.6 Å². The lowest BCUT2D eigenvalue weighted by Crippen LogP contribution is -2.25. The van der Waals surface area contributed by atoms with Crippen LogP contribution in [0, 0.1) is 0 Å². The van der Waals surface area contributed by atoms with Crippen LogP contribution in [0.5, 0.6) is 0 Å². The fourth-order valence-corrected chi connectivity index (χ4v) is 1.83. The molecule has 16 heavy (non-hydrogen) atoms. The molecule has 0 bridgehead atoms. The van der Waals surface area contributed by atoms with Gasteiger partial charge in [0.15, 0.2) is 0 Å². The van der Waals surface area contributed by atoms with Gasteiger partial charge in [0.25, 0.3) is 0 Å².